The van der Waals surface area contributed by atoms with E-state index in [1.165, 1.54) is 18.6 Å². The largest absolute Gasteiger partial charge is 0.491 e. The predicted octanol–water partition coefficient (Wildman–Crippen LogP) is 2.48. The van der Waals surface area contributed by atoms with Crippen LogP contribution in [0.5, 0.6) is 5.75 Å². The molecule has 1 aromatic carbocycles. The number of carboxylic acid groups (broad SMARTS) is 1. The molecule has 3 N–H and O–H groups in total. The van der Waals surface area contributed by atoms with Crippen molar-refractivity contribution in [2.24, 2.45) is 0 Å². The number of nitrogens with zero attached hydrogens (tertiary/aromatic N) is 1. The fraction of sp³-hybridized carbons (Fsp3) is 0.500. The van der Waals surface area contributed by atoms with Crippen LogP contribution in [-0.4, -0.2) is 42.2 Å². The van der Waals surface area contributed by atoms with Gasteiger partial charge >= 0.3 is 5.97 Å². The topological polar surface area (TPSA) is 75.8 Å². The lowest BCUT2D eigenvalue weighted by atomic mass is 10.1. The second kappa shape index (κ2) is 6.33. The molecule has 1 aromatic rings. The number of nitrogen functional groups attached to an aromatic ring is 1. The Morgan fingerprint density at radius 3 is 2.95 bits per heavy atom. The molecule has 5 nitrogen and oxygen atoms in total. The Balaban J connectivity index is 2.03. The molecule has 110 valence electrons. The third-order valence-electron chi connectivity index (χ3n) is 3.67. The number of likely N-dealkylation sites (tertiary alicyclic amines) is 1. The van der Waals surface area contributed by atoms with Crippen LogP contribution in [0.25, 0.3) is 0 Å². The van der Waals surface area contributed by atoms with Crippen LogP contribution in [0, 0.1) is 0 Å². The molecule has 1 unspecified atom stereocenters. The molecule has 1 aliphatic rings. The molecule has 0 aliphatic carbocycles. The quantitative estimate of drug-likeness (QED) is 0.817. The van der Waals surface area contributed by atoms with Crippen LogP contribution >= 0.6 is 11.6 Å². The second-order valence-corrected chi connectivity index (χ2v) is 5.51. The highest BCUT2D eigenvalue weighted by Crippen LogP contribution is 2.32. The summed E-state index contributed by atoms with van der Waals surface area (Å²) in [6.07, 6.45) is 3.21. The number of benzene rings is 1. The van der Waals surface area contributed by atoms with Gasteiger partial charge in [-0.3, -0.25) is 0 Å². The molecule has 1 heterocycles. The number of carboxylic acids is 1. The maximum absolute atomic E-state index is 11.2. The normalized spacial score (nSPS) is 19.2. The highest BCUT2D eigenvalue weighted by atomic mass is 35.5. The molecular weight excluding hydrogens is 280 g/mol. The van der Waals surface area contributed by atoms with Crippen molar-refractivity contribution >= 4 is 23.3 Å². The molecule has 20 heavy (non-hydrogen) atoms. The van der Waals surface area contributed by atoms with Crippen molar-refractivity contribution in [2.45, 2.75) is 25.3 Å². The summed E-state index contributed by atoms with van der Waals surface area (Å²) >= 11 is 6.02. The van der Waals surface area contributed by atoms with Crippen LogP contribution in [-0.2, 0) is 0 Å². The summed E-state index contributed by atoms with van der Waals surface area (Å²) in [7, 11) is 2.09. The lowest BCUT2D eigenvalue weighted by Gasteiger charge is -2.20. The Morgan fingerprint density at radius 2 is 2.35 bits per heavy atom. The number of aromatic carboxylic acids is 1. The Morgan fingerprint density at radius 1 is 1.60 bits per heavy atom. The van der Waals surface area contributed by atoms with Gasteiger partial charge in [-0.1, -0.05) is 11.6 Å². The predicted molar refractivity (Wildman–Crippen MR) is 78.6 cm³/mol. The van der Waals surface area contributed by atoms with E-state index >= 15 is 0 Å². The molecule has 6 heteroatoms. The summed E-state index contributed by atoms with van der Waals surface area (Å²) in [6.45, 7) is 1.55. The molecule has 0 spiro atoms. The van der Waals surface area contributed by atoms with E-state index in [4.69, 9.17) is 27.2 Å². The van der Waals surface area contributed by atoms with Gasteiger partial charge in [-0.2, -0.15) is 0 Å². The summed E-state index contributed by atoms with van der Waals surface area (Å²) in [4.78, 5) is 13.5. The molecule has 1 atom stereocenters. The Kier molecular flexibility index (Phi) is 4.73. The Labute approximate surface area is 123 Å². The standard InChI is InChI=1S/C14H19ClN2O3/c1-17-5-2-3-10(17)4-6-20-13-11(14(18)19)7-9(16)8-12(13)15/h7-8,10H,2-6,16H2,1H3,(H,18,19). The molecule has 0 aromatic heterocycles. The van der Waals surface area contributed by atoms with Gasteiger partial charge in [0.2, 0.25) is 0 Å². The number of ether oxygens (including phenoxy) is 1. The Hall–Kier alpha value is -1.46. The van der Waals surface area contributed by atoms with E-state index < -0.39 is 5.97 Å². The average molecular weight is 299 g/mol. The molecule has 1 fully saturated rings. The van der Waals surface area contributed by atoms with Crippen molar-refractivity contribution < 1.29 is 14.6 Å². The van der Waals surface area contributed by atoms with E-state index in [1.807, 2.05) is 0 Å². The molecular formula is C14H19ClN2O3. The minimum absolute atomic E-state index is 0.00905. The summed E-state index contributed by atoms with van der Waals surface area (Å²) in [6, 6.07) is 3.37. The van der Waals surface area contributed by atoms with E-state index in [1.54, 1.807) is 0 Å². The third-order valence-corrected chi connectivity index (χ3v) is 3.95. The monoisotopic (exact) mass is 298 g/mol. The first kappa shape index (κ1) is 14.9. The lowest BCUT2D eigenvalue weighted by molar-refractivity contribution is 0.0692. The van der Waals surface area contributed by atoms with Crippen molar-refractivity contribution in [1.82, 2.24) is 4.90 Å². The van der Waals surface area contributed by atoms with Crippen molar-refractivity contribution in [3.05, 3.63) is 22.7 Å². The van der Waals surface area contributed by atoms with Gasteiger partial charge < -0.3 is 20.5 Å². The molecule has 1 aliphatic heterocycles. The van der Waals surface area contributed by atoms with Gasteiger partial charge in [-0.25, -0.2) is 4.79 Å². The number of nitrogens with two attached hydrogens (primary N) is 1. The highest BCUT2D eigenvalue weighted by Gasteiger charge is 2.21. The first-order valence-corrected chi connectivity index (χ1v) is 7.02. The van der Waals surface area contributed by atoms with Crippen molar-refractivity contribution in [2.75, 3.05) is 25.9 Å². The van der Waals surface area contributed by atoms with Crippen LogP contribution in [0.4, 0.5) is 5.69 Å². The van der Waals surface area contributed by atoms with E-state index in [9.17, 15) is 4.79 Å². The van der Waals surface area contributed by atoms with Gasteiger partial charge in [0.25, 0.3) is 0 Å². The zero-order valence-electron chi connectivity index (χ0n) is 11.4. The second-order valence-electron chi connectivity index (χ2n) is 5.10. The Bertz CT molecular complexity index is 507. The van der Waals surface area contributed by atoms with Crippen molar-refractivity contribution in [3.63, 3.8) is 0 Å². The molecule has 0 saturated carbocycles. The van der Waals surface area contributed by atoms with E-state index in [0.717, 1.165) is 19.4 Å². The van der Waals surface area contributed by atoms with Gasteiger partial charge in [-0.15, -0.1) is 0 Å². The van der Waals surface area contributed by atoms with Crippen LogP contribution in [0.1, 0.15) is 29.6 Å². The third kappa shape index (κ3) is 3.35. The first-order valence-electron chi connectivity index (χ1n) is 6.64. The van der Waals surface area contributed by atoms with Crippen LogP contribution in [0.3, 0.4) is 0 Å². The minimum atomic E-state index is -1.09. The van der Waals surface area contributed by atoms with Gasteiger partial charge in [0.05, 0.1) is 11.6 Å². The number of rotatable bonds is 5. The van der Waals surface area contributed by atoms with E-state index in [2.05, 4.69) is 11.9 Å². The molecule has 0 amide bonds. The average Bonchev–Trinajstić information content (AvgIpc) is 2.77. The summed E-state index contributed by atoms with van der Waals surface area (Å²) in [5.41, 5.74) is 5.93. The van der Waals surface area contributed by atoms with Gasteiger partial charge in [0, 0.05) is 11.7 Å². The van der Waals surface area contributed by atoms with Crippen LogP contribution < -0.4 is 10.5 Å². The molecule has 0 radical (unpaired) electrons. The fourth-order valence-corrected chi connectivity index (χ4v) is 2.84. The molecule has 2 rings (SSSR count). The zero-order chi connectivity index (χ0) is 14.7. The maximum atomic E-state index is 11.2. The smallest absolute Gasteiger partial charge is 0.339 e. The summed E-state index contributed by atoms with van der Waals surface area (Å²) in [5.74, 6) is -0.888. The SMILES string of the molecule is CN1CCCC1CCOc1c(Cl)cc(N)cc1C(=O)O. The maximum Gasteiger partial charge on any atom is 0.339 e. The van der Waals surface area contributed by atoms with Gasteiger partial charge in [-0.05, 0) is 45.0 Å². The van der Waals surface area contributed by atoms with E-state index in [0.29, 0.717) is 18.3 Å². The summed E-state index contributed by atoms with van der Waals surface area (Å²) in [5, 5.41) is 9.40. The van der Waals surface area contributed by atoms with Crippen LogP contribution in [0.2, 0.25) is 5.02 Å². The summed E-state index contributed by atoms with van der Waals surface area (Å²) < 4.78 is 5.60. The first-order chi connectivity index (χ1) is 9.49. The number of hydrogen-bond donors (Lipinski definition) is 2. The number of halogens is 1. The fourth-order valence-electron chi connectivity index (χ4n) is 2.56. The minimum Gasteiger partial charge on any atom is -0.491 e. The number of anilines is 1. The highest BCUT2D eigenvalue weighted by molar-refractivity contribution is 6.33. The molecule has 0 bridgehead atoms. The number of hydrogen-bond acceptors (Lipinski definition) is 4. The van der Waals surface area contributed by atoms with Gasteiger partial charge in [0.15, 0.2) is 5.75 Å². The lowest BCUT2D eigenvalue weighted by Crippen LogP contribution is -2.26. The van der Waals surface area contributed by atoms with Crippen molar-refractivity contribution in [1.29, 1.82) is 0 Å². The molecule has 1 saturated heterocycles. The zero-order valence-corrected chi connectivity index (χ0v) is 12.2. The van der Waals surface area contributed by atoms with Gasteiger partial charge in [0.1, 0.15) is 5.56 Å². The van der Waals surface area contributed by atoms with Crippen molar-refractivity contribution in [3.8, 4) is 5.75 Å². The van der Waals surface area contributed by atoms with E-state index in [-0.39, 0.29) is 16.3 Å². The number of carbonyl (C=O) groups is 1. The van der Waals surface area contributed by atoms with Crippen LogP contribution in [0.15, 0.2) is 12.1 Å².